The number of aromatic nitrogens is 3. The number of nitrogens with one attached hydrogen (secondary N) is 1. The van der Waals surface area contributed by atoms with Crippen molar-refractivity contribution >= 4 is 58.2 Å². The van der Waals surface area contributed by atoms with Crippen molar-refractivity contribution in [2.75, 3.05) is 5.32 Å². The molecule has 0 bridgehead atoms. The summed E-state index contributed by atoms with van der Waals surface area (Å²) in [7, 11) is 0. The molecule has 142 valence electrons. The number of halogens is 1. The minimum Gasteiger partial charge on any atom is -0.315 e. The van der Waals surface area contributed by atoms with Gasteiger partial charge in [-0.2, -0.15) is 0 Å². The van der Waals surface area contributed by atoms with Gasteiger partial charge in [-0.05, 0) is 37.3 Å². The zero-order chi connectivity index (χ0) is 18.5. The first kappa shape index (κ1) is 20.7. The molecule has 3 aromatic heterocycles. The predicted molar refractivity (Wildman–Crippen MR) is 121 cm³/mol. The zero-order valence-electron chi connectivity index (χ0n) is 14.9. The van der Waals surface area contributed by atoms with Crippen LogP contribution in [0.1, 0.15) is 5.69 Å². The number of aryl methyl sites for hydroxylation is 1. The van der Waals surface area contributed by atoms with Gasteiger partial charge in [0.05, 0.1) is 10.6 Å². The van der Waals surface area contributed by atoms with E-state index in [1.54, 1.807) is 41.1 Å². The summed E-state index contributed by atoms with van der Waals surface area (Å²) in [4.78, 5) is 16.8. The Balaban J connectivity index is 0.00000225. The second-order valence-corrected chi connectivity index (χ2v) is 8.69. The minimum atomic E-state index is 0. The molecular formula is C20H17ClN4S3. The molecule has 0 aliphatic carbocycles. The van der Waals surface area contributed by atoms with Crippen LogP contribution in [0, 0.1) is 6.92 Å². The predicted octanol–water partition coefficient (Wildman–Crippen LogP) is 6.71. The van der Waals surface area contributed by atoms with Crippen molar-refractivity contribution in [3.8, 4) is 0 Å². The first-order valence-electron chi connectivity index (χ1n) is 8.27. The van der Waals surface area contributed by atoms with Crippen LogP contribution >= 0.6 is 47.3 Å². The van der Waals surface area contributed by atoms with Crippen LogP contribution in [-0.4, -0.2) is 15.0 Å². The molecule has 1 N–H and O–H groups in total. The lowest BCUT2D eigenvalue weighted by Crippen LogP contribution is -1.96. The van der Waals surface area contributed by atoms with Crippen molar-refractivity contribution < 1.29 is 0 Å². The Bertz CT molecular complexity index is 1030. The summed E-state index contributed by atoms with van der Waals surface area (Å²) in [5.74, 6) is 0.809. The van der Waals surface area contributed by atoms with Gasteiger partial charge in [0, 0.05) is 27.6 Å². The molecular weight excluding hydrogens is 428 g/mol. The van der Waals surface area contributed by atoms with Crippen LogP contribution in [0.4, 0.5) is 10.9 Å². The van der Waals surface area contributed by atoms with Gasteiger partial charge in [-0.1, -0.05) is 47.8 Å². The largest absolute Gasteiger partial charge is 0.315 e. The SMILES string of the molecule is Cc1csc(Nc2ncc(Sc3ccccn3)cc2Sc2ccccc2)n1.Cl. The Kier molecular flexibility index (Phi) is 7.33. The highest BCUT2D eigenvalue weighted by Crippen LogP contribution is 2.37. The van der Waals surface area contributed by atoms with E-state index in [9.17, 15) is 0 Å². The van der Waals surface area contributed by atoms with E-state index in [2.05, 4.69) is 38.5 Å². The van der Waals surface area contributed by atoms with E-state index in [0.717, 1.165) is 36.4 Å². The topological polar surface area (TPSA) is 50.7 Å². The fourth-order valence-corrected chi connectivity index (χ4v) is 4.79. The average Bonchev–Trinajstić information content (AvgIpc) is 3.10. The van der Waals surface area contributed by atoms with Crippen LogP contribution in [0.25, 0.3) is 0 Å². The Labute approximate surface area is 182 Å². The van der Waals surface area contributed by atoms with Crippen LogP contribution in [0.15, 0.2) is 92.1 Å². The molecule has 4 nitrogen and oxygen atoms in total. The highest BCUT2D eigenvalue weighted by atomic mass is 35.5. The van der Waals surface area contributed by atoms with Gasteiger partial charge in [-0.15, -0.1) is 23.7 Å². The van der Waals surface area contributed by atoms with E-state index < -0.39 is 0 Å². The third-order valence-corrected chi connectivity index (χ3v) is 6.33. The molecule has 0 amide bonds. The quantitative estimate of drug-likeness (QED) is 0.356. The van der Waals surface area contributed by atoms with Crippen molar-refractivity contribution in [1.29, 1.82) is 0 Å². The number of hydrogen-bond donors (Lipinski definition) is 1. The number of pyridine rings is 2. The Hall–Kier alpha value is -2.06. The van der Waals surface area contributed by atoms with Gasteiger partial charge in [0.2, 0.25) is 0 Å². The van der Waals surface area contributed by atoms with Crippen molar-refractivity contribution in [2.24, 2.45) is 0 Å². The molecule has 4 rings (SSSR count). The maximum Gasteiger partial charge on any atom is 0.188 e. The molecule has 0 unspecified atom stereocenters. The van der Waals surface area contributed by atoms with Crippen LogP contribution in [-0.2, 0) is 0 Å². The first-order valence-corrected chi connectivity index (χ1v) is 10.8. The number of benzene rings is 1. The Morgan fingerprint density at radius 1 is 0.929 bits per heavy atom. The number of thiazole rings is 1. The Morgan fingerprint density at radius 3 is 2.46 bits per heavy atom. The molecule has 8 heteroatoms. The van der Waals surface area contributed by atoms with Gasteiger partial charge in [0.1, 0.15) is 10.8 Å². The number of hydrogen-bond acceptors (Lipinski definition) is 7. The maximum absolute atomic E-state index is 4.66. The van der Waals surface area contributed by atoms with Gasteiger partial charge in [0.25, 0.3) is 0 Å². The third kappa shape index (κ3) is 5.48. The van der Waals surface area contributed by atoms with Gasteiger partial charge in [-0.3, -0.25) is 0 Å². The molecule has 0 spiro atoms. The summed E-state index contributed by atoms with van der Waals surface area (Å²) in [6.45, 7) is 1.99. The van der Waals surface area contributed by atoms with E-state index in [0.29, 0.717) is 0 Å². The molecule has 1 aromatic carbocycles. The number of nitrogens with zero attached hydrogens (tertiary/aromatic N) is 3. The summed E-state index contributed by atoms with van der Waals surface area (Å²) in [5, 5.41) is 7.18. The molecule has 4 aromatic rings. The molecule has 0 saturated carbocycles. The minimum absolute atomic E-state index is 0. The average molecular weight is 445 g/mol. The molecule has 0 aliphatic rings. The van der Waals surface area contributed by atoms with Crippen LogP contribution < -0.4 is 5.32 Å². The molecule has 0 fully saturated rings. The van der Waals surface area contributed by atoms with Crippen LogP contribution in [0.3, 0.4) is 0 Å². The van der Waals surface area contributed by atoms with E-state index in [-0.39, 0.29) is 12.4 Å². The second-order valence-electron chi connectivity index (χ2n) is 5.62. The lowest BCUT2D eigenvalue weighted by molar-refractivity contribution is 1.11. The van der Waals surface area contributed by atoms with Gasteiger partial charge >= 0.3 is 0 Å². The number of anilines is 2. The summed E-state index contributed by atoms with van der Waals surface area (Å²) in [6.07, 6.45) is 3.67. The Morgan fingerprint density at radius 2 is 1.75 bits per heavy atom. The summed E-state index contributed by atoms with van der Waals surface area (Å²) < 4.78 is 0. The van der Waals surface area contributed by atoms with Gasteiger partial charge in [-0.25, -0.2) is 15.0 Å². The van der Waals surface area contributed by atoms with E-state index in [4.69, 9.17) is 0 Å². The summed E-state index contributed by atoms with van der Waals surface area (Å²) in [5.41, 5.74) is 1.00. The fraction of sp³-hybridized carbons (Fsp3) is 0.0500. The molecule has 0 atom stereocenters. The van der Waals surface area contributed by atoms with E-state index in [1.807, 2.05) is 54.9 Å². The van der Waals surface area contributed by atoms with Crippen LogP contribution in [0.5, 0.6) is 0 Å². The van der Waals surface area contributed by atoms with Crippen molar-refractivity contribution in [3.63, 3.8) is 0 Å². The monoisotopic (exact) mass is 444 g/mol. The standard InChI is InChI=1S/C20H16N4S3.ClH/c1-14-13-25-20(23-14)24-19-17(26-15-7-3-2-4-8-15)11-16(12-22-19)27-18-9-5-6-10-21-18;/h2-13H,1H3,(H,22,23,24);1H. The molecule has 0 saturated heterocycles. The zero-order valence-corrected chi connectivity index (χ0v) is 18.2. The van der Waals surface area contributed by atoms with Crippen molar-refractivity contribution in [3.05, 3.63) is 78.1 Å². The highest BCUT2D eigenvalue weighted by Gasteiger charge is 2.11. The maximum atomic E-state index is 4.66. The third-order valence-electron chi connectivity index (χ3n) is 3.50. The van der Waals surface area contributed by atoms with Gasteiger partial charge < -0.3 is 5.32 Å². The highest BCUT2D eigenvalue weighted by molar-refractivity contribution is 8.00. The van der Waals surface area contributed by atoms with Gasteiger partial charge in [0.15, 0.2) is 5.13 Å². The van der Waals surface area contributed by atoms with Crippen LogP contribution in [0.2, 0.25) is 0 Å². The molecule has 28 heavy (non-hydrogen) atoms. The normalized spacial score (nSPS) is 10.3. The second kappa shape index (κ2) is 9.93. The molecule has 3 heterocycles. The van der Waals surface area contributed by atoms with E-state index >= 15 is 0 Å². The first-order chi connectivity index (χ1) is 13.3. The lowest BCUT2D eigenvalue weighted by atomic mass is 10.4. The fourth-order valence-electron chi connectivity index (χ4n) is 2.31. The van der Waals surface area contributed by atoms with Crippen molar-refractivity contribution in [1.82, 2.24) is 15.0 Å². The number of rotatable bonds is 6. The lowest BCUT2D eigenvalue weighted by Gasteiger charge is -2.11. The smallest absolute Gasteiger partial charge is 0.188 e. The molecule has 0 radical (unpaired) electrons. The summed E-state index contributed by atoms with van der Waals surface area (Å²) >= 11 is 4.87. The van der Waals surface area contributed by atoms with Crippen molar-refractivity contribution in [2.45, 2.75) is 26.6 Å². The van der Waals surface area contributed by atoms with E-state index in [1.165, 1.54) is 0 Å². The summed E-state index contributed by atoms with van der Waals surface area (Å²) in [6, 6.07) is 18.4. The molecule has 0 aliphatic heterocycles.